The predicted molar refractivity (Wildman–Crippen MR) is 22.8 cm³/mol. The lowest BCUT2D eigenvalue weighted by molar-refractivity contribution is -0.264. The average Bonchev–Trinajstić information content (AvgIpc) is 2.31. The normalized spacial score (nSPS) is 23.5. The minimum atomic E-state index is -5.24. The van der Waals surface area contributed by atoms with Crippen molar-refractivity contribution in [3.63, 3.8) is 0 Å². The van der Waals surface area contributed by atoms with Crippen LogP contribution in [0, 0.1) is 0 Å². The topological polar surface area (TPSA) is 21.9 Å². The van der Waals surface area contributed by atoms with E-state index in [0.717, 1.165) is 0 Å². The Balaban J connectivity index is 2.85. The van der Waals surface area contributed by atoms with Crippen molar-refractivity contribution in [2.24, 2.45) is 0 Å². The zero-order valence-corrected chi connectivity index (χ0v) is 4.97. The summed E-state index contributed by atoms with van der Waals surface area (Å²) >= 11 is 0. The van der Waals surface area contributed by atoms with E-state index >= 15 is 0 Å². The highest BCUT2D eigenvalue weighted by molar-refractivity contribution is 5.14. The van der Waals surface area contributed by atoms with Crippen molar-refractivity contribution >= 4 is 0 Å². The van der Waals surface area contributed by atoms with Crippen LogP contribution in [0.25, 0.3) is 0 Å². The Bertz CT molecular complexity index is 146. The molecule has 0 aromatic carbocycles. The summed E-state index contributed by atoms with van der Waals surface area (Å²) in [7, 11) is 0. The molecule has 0 atom stereocenters. The molecular formula is C4H3F6N. The van der Waals surface area contributed by atoms with Crippen LogP contribution >= 0.6 is 0 Å². The minimum Gasteiger partial charge on any atom is -0.292 e. The van der Waals surface area contributed by atoms with Gasteiger partial charge in [0.25, 0.3) is 0 Å². The summed E-state index contributed by atoms with van der Waals surface area (Å²) in [6.45, 7) is -1.07. The van der Waals surface area contributed by atoms with E-state index in [9.17, 15) is 26.3 Å². The highest BCUT2D eigenvalue weighted by Crippen LogP contribution is 2.48. The van der Waals surface area contributed by atoms with E-state index in [2.05, 4.69) is 0 Å². The summed E-state index contributed by atoms with van der Waals surface area (Å²) in [6.07, 6.45) is -10.5. The first-order valence-electron chi connectivity index (χ1n) is 2.59. The summed E-state index contributed by atoms with van der Waals surface area (Å²) in [5.74, 6) is 0. The molecule has 1 aliphatic rings. The zero-order chi connectivity index (χ0) is 8.91. The van der Waals surface area contributed by atoms with Gasteiger partial charge in [0.15, 0.2) is 0 Å². The summed E-state index contributed by atoms with van der Waals surface area (Å²) in [4.78, 5) is 0. The highest BCUT2D eigenvalue weighted by Gasteiger charge is 2.78. The zero-order valence-electron chi connectivity index (χ0n) is 4.97. The van der Waals surface area contributed by atoms with E-state index in [-0.39, 0.29) is 0 Å². The van der Waals surface area contributed by atoms with Crippen LogP contribution in [0.4, 0.5) is 26.3 Å². The van der Waals surface area contributed by atoms with Crippen LogP contribution in [0.1, 0.15) is 0 Å². The number of rotatable bonds is 0. The van der Waals surface area contributed by atoms with Gasteiger partial charge in [-0.05, 0) is 0 Å². The Labute approximate surface area is 57.4 Å². The van der Waals surface area contributed by atoms with Crippen molar-refractivity contribution in [3.05, 3.63) is 0 Å². The lowest BCUT2D eigenvalue weighted by Crippen LogP contribution is -2.48. The lowest BCUT2D eigenvalue weighted by atomic mass is 10.1. The molecule has 1 aliphatic heterocycles. The first-order valence-corrected chi connectivity index (χ1v) is 2.59. The summed E-state index contributed by atoms with van der Waals surface area (Å²) in [6, 6.07) is 0. The van der Waals surface area contributed by atoms with Crippen LogP contribution in [-0.4, -0.2) is 24.4 Å². The van der Waals surface area contributed by atoms with Crippen LogP contribution in [0.3, 0.4) is 0 Å². The maximum Gasteiger partial charge on any atom is 0.416 e. The van der Waals surface area contributed by atoms with Crippen LogP contribution in [-0.2, 0) is 0 Å². The van der Waals surface area contributed by atoms with Crippen LogP contribution in [0.5, 0.6) is 0 Å². The molecule has 0 saturated carbocycles. The van der Waals surface area contributed by atoms with Gasteiger partial charge in [0.1, 0.15) is 0 Å². The highest BCUT2D eigenvalue weighted by atomic mass is 19.4. The third kappa shape index (κ3) is 1.07. The molecule has 66 valence electrons. The molecule has 0 aromatic heterocycles. The molecule has 11 heavy (non-hydrogen) atoms. The molecule has 0 spiro atoms. The Hall–Kier alpha value is -0.460. The van der Waals surface area contributed by atoms with Crippen molar-refractivity contribution in [3.8, 4) is 0 Å². The number of hydrogen-bond acceptors (Lipinski definition) is 1. The molecule has 1 nitrogen and oxygen atoms in total. The van der Waals surface area contributed by atoms with Gasteiger partial charge in [-0.3, -0.25) is 5.32 Å². The fourth-order valence-electron chi connectivity index (χ4n) is 0.650. The van der Waals surface area contributed by atoms with Gasteiger partial charge in [-0.2, -0.15) is 26.3 Å². The lowest BCUT2D eigenvalue weighted by Gasteiger charge is -2.20. The fourth-order valence-corrected chi connectivity index (χ4v) is 0.650. The molecule has 1 N–H and O–H groups in total. The van der Waals surface area contributed by atoms with E-state index in [0.29, 0.717) is 0 Å². The molecular weight excluding hydrogens is 176 g/mol. The van der Waals surface area contributed by atoms with Crippen LogP contribution < -0.4 is 5.32 Å². The molecule has 0 aliphatic carbocycles. The number of halogens is 6. The SMILES string of the molecule is FC(F)(F)C1(C(F)(F)F)CN1. The van der Waals surface area contributed by atoms with E-state index in [1.165, 1.54) is 5.32 Å². The minimum absolute atomic E-state index is 1.07. The maximum absolute atomic E-state index is 11.6. The fraction of sp³-hybridized carbons (Fsp3) is 1.00. The Morgan fingerprint density at radius 1 is 0.909 bits per heavy atom. The molecule has 0 aromatic rings. The van der Waals surface area contributed by atoms with Gasteiger partial charge in [-0.1, -0.05) is 0 Å². The smallest absolute Gasteiger partial charge is 0.292 e. The summed E-state index contributed by atoms with van der Waals surface area (Å²) < 4.78 is 69.7. The third-order valence-corrected chi connectivity index (χ3v) is 1.50. The molecule has 1 heterocycles. The van der Waals surface area contributed by atoms with Gasteiger partial charge in [0.05, 0.1) is 0 Å². The second-order valence-corrected chi connectivity index (χ2v) is 2.25. The monoisotopic (exact) mass is 179 g/mol. The van der Waals surface area contributed by atoms with Gasteiger partial charge in [0.2, 0.25) is 5.54 Å². The van der Waals surface area contributed by atoms with E-state index in [1.54, 1.807) is 0 Å². The van der Waals surface area contributed by atoms with E-state index in [4.69, 9.17) is 0 Å². The molecule has 0 bridgehead atoms. The number of nitrogens with one attached hydrogen (secondary N) is 1. The van der Waals surface area contributed by atoms with Gasteiger partial charge in [-0.25, -0.2) is 0 Å². The summed E-state index contributed by atoms with van der Waals surface area (Å²) in [5, 5.41) is 1.28. The molecule has 1 saturated heterocycles. The molecule has 1 rings (SSSR count). The molecule has 0 radical (unpaired) electrons. The van der Waals surface area contributed by atoms with E-state index in [1.807, 2.05) is 0 Å². The summed E-state index contributed by atoms with van der Waals surface area (Å²) in [5.41, 5.74) is -3.62. The average molecular weight is 179 g/mol. The molecule has 0 amide bonds. The van der Waals surface area contributed by atoms with Gasteiger partial charge in [0, 0.05) is 6.54 Å². The molecule has 7 heteroatoms. The number of hydrogen-bond donors (Lipinski definition) is 1. The standard InChI is InChI=1S/C4H3F6N/c5-3(6,7)2(1-11-2)4(8,9)10/h11H,1H2. The second kappa shape index (κ2) is 1.82. The third-order valence-electron chi connectivity index (χ3n) is 1.50. The number of alkyl halides is 6. The first-order chi connectivity index (χ1) is 4.71. The molecule has 0 unspecified atom stereocenters. The first kappa shape index (κ1) is 8.63. The van der Waals surface area contributed by atoms with Gasteiger partial charge < -0.3 is 0 Å². The van der Waals surface area contributed by atoms with Gasteiger partial charge >= 0.3 is 12.4 Å². The van der Waals surface area contributed by atoms with E-state index < -0.39 is 24.4 Å². The van der Waals surface area contributed by atoms with Gasteiger partial charge in [-0.15, -0.1) is 0 Å². The Morgan fingerprint density at radius 3 is 1.18 bits per heavy atom. The van der Waals surface area contributed by atoms with Crippen molar-refractivity contribution < 1.29 is 26.3 Å². The van der Waals surface area contributed by atoms with Crippen molar-refractivity contribution in [1.82, 2.24) is 5.32 Å². The quantitative estimate of drug-likeness (QED) is 0.441. The Kier molecular flexibility index (Phi) is 1.43. The van der Waals surface area contributed by atoms with Crippen LogP contribution in [0.2, 0.25) is 0 Å². The molecule has 1 fully saturated rings. The predicted octanol–water partition coefficient (Wildman–Crippen LogP) is 1.45. The van der Waals surface area contributed by atoms with Crippen LogP contribution in [0.15, 0.2) is 0 Å². The second-order valence-electron chi connectivity index (χ2n) is 2.25. The van der Waals surface area contributed by atoms with Crippen molar-refractivity contribution in [2.45, 2.75) is 17.9 Å². The largest absolute Gasteiger partial charge is 0.416 e. The maximum atomic E-state index is 11.6. The van der Waals surface area contributed by atoms with Crippen molar-refractivity contribution in [1.29, 1.82) is 0 Å². The Morgan fingerprint density at radius 2 is 1.18 bits per heavy atom. The van der Waals surface area contributed by atoms with Crippen molar-refractivity contribution in [2.75, 3.05) is 6.54 Å².